The van der Waals surface area contributed by atoms with Crippen molar-refractivity contribution in [3.05, 3.63) is 30.1 Å². The number of sulfonamides is 1. The Labute approximate surface area is 157 Å². The van der Waals surface area contributed by atoms with Crippen molar-refractivity contribution in [1.82, 2.24) is 9.62 Å². The van der Waals surface area contributed by atoms with E-state index < -0.39 is 27.2 Å². The number of aliphatic carboxylic acids is 1. The average Bonchev–Trinajstić information content (AvgIpc) is 2.58. The Morgan fingerprint density at radius 2 is 1.78 bits per heavy atom. The number of carbonyl (C=O) groups excluding carboxylic acids is 1. The Hall–Kier alpha value is -2.00. The summed E-state index contributed by atoms with van der Waals surface area (Å²) >= 11 is 0. The van der Waals surface area contributed by atoms with Crippen LogP contribution in [0, 0.1) is 11.2 Å². The summed E-state index contributed by atoms with van der Waals surface area (Å²) in [7, 11) is -3.75. The van der Waals surface area contributed by atoms with E-state index in [1.54, 1.807) is 4.90 Å². The molecule has 7 nitrogen and oxygen atoms in total. The second kappa shape index (κ2) is 7.55. The van der Waals surface area contributed by atoms with Crippen molar-refractivity contribution < 1.29 is 27.5 Å². The Kier molecular flexibility index (Phi) is 5.53. The van der Waals surface area contributed by atoms with Gasteiger partial charge in [0.05, 0.1) is 10.3 Å². The molecule has 9 heteroatoms. The molecule has 0 radical (unpaired) electrons. The molecule has 1 aromatic carbocycles. The molecule has 1 aromatic rings. The van der Waals surface area contributed by atoms with Crippen LogP contribution in [0.25, 0.3) is 0 Å². The zero-order valence-electron chi connectivity index (χ0n) is 14.9. The highest BCUT2D eigenvalue weighted by atomic mass is 32.2. The Morgan fingerprint density at radius 3 is 2.26 bits per heavy atom. The molecule has 0 spiro atoms. The zero-order chi connectivity index (χ0) is 19.7. The lowest BCUT2D eigenvalue weighted by molar-refractivity contribution is -0.159. The van der Waals surface area contributed by atoms with Crippen molar-refractivity contribution in [3.63, 3.8) is 0 Å². The highest BCUT2D eigenvalue weighted by molar-refractivity contribution is 7.89. The summed E-state index contributed by atoms with van der Waals surface area (Å²) in [5.74, 6) is -1.60. The van der Waals surface area contributed by atoms with Crippen LogP contribution < -0.4 is 4.72 Å². The second-order valence-electron chi connectivity index (χ2n) is 7.35. The number of rotatable bonds is 6. The van der Waals surface area contributed by atoms with Gasteiger partial charge >= 0.3 is 5.97 Å². The number of likely N-dealkylation sites (tertiary alicyclic amines) is 1. The van der Waals surface area contributed by atoms with Crippen LogP contribution in [0.15, 0.2) is 29.2 Å². The number of hydrogen-bond donors (Lipinski definition) is 2. The Morgan fingerprint density at radius 1 is 1.19 bits per heavy atom. The van der Waals surface area contributed by atoms with Gasteiger partial charge in [-0.05, 0) is 49.9 Å². The first kappa shape index (κ1) is 19.8. The maximum atomic E-state index is 13.0. The molecule has 0 bridgehead atoms. The number of benzene rings is 1. The molecule has 27 heavy (non-hydrogen) atoms. The molecule has 2 N–H and O–H groups in total. The number of nitrogens with zero attached hydrogens (tertiary/aromatic N) is 1. The fraction of sp³-hybridized carbons (Fsp3) is 0.556. The smallest absolute Gasteiger partial charge is 0.310 e. The second-order valence-corrected chi connectivity index (χ2v) is 9.06. The highest BCUT2D eigenvalue weighted by Crippen LogP contribution is 2.44. The molecule has 1 amide bonds. The maximum absolute atomic E-state index is 13.0. The summed E-state index contributed by atoms with van der Waals surface area (Å²) in [4.78, 5) is 25.5. The van der Waals surface area contributed by atoms with Gasteiger partial charge in [0.15, 0.2) is 0 Å². The predicted octanol–water partition coefficient (Wildman–Crippen LogP) is 1.74. The number of carboxylic acids is 1. The van der Waals surface area contributed by atoms with Gasteiger partial charge in [-0.15, -0.1) is 0 Å². The van der Waals surface area contributed by atoms with Crippen LogP contribution in [0.4, 0.5) is 4.39 Å². The summed E-state index contributed by atoms with van der Waals surface area (Å²) in [6, 6.07) is 4.28. The lowest BCUT2D eigenvalue weighted by Gasteiger charge is -2.39. The largest absolute Gasteiger partial charge is 0.481 e. The van der Waals surface area contributed by atoms with Gasteiger partial charge in [-0.3, -0.25) is 9.59 Å². The van der Waals surface area contributed by atoms with Crippen LogP contribution in [-0.2, 0) is 19.6 Å². The molecule has 1 heterocycles. The third-order valence-electron chi connectivity index (χ3n) is 5.55. The third kappa shape index (κ3) is 4.30. The Balaban J connectivity index is 1.53. The number of carboxylic acid groups (broad SMARTS) is 1. The molecule has 3 rings (SSSR count). The van der Waals surface area contributed by atoms with E-state index in [1.807, 2.05) is 0 Å². The van der Waals surface area contributed by atoms with Gasteiger partial charge in [0.25, 0.3) is 0 Å². The first-order chi connectivity index (χ1) is 12.7. The summed E-state index contributed by atoms with van der Waals surface area (Å²) in [6.45, 7) is 0.760. The summed E-state index contributed by atoms with van der Waals surface area (Å²) in [5, 5.41) is 9.36. The molecule has 1 aliphatic carbocycles. The van der Waals surface area contributed by atoms with Crippen molar-refractivity contribution in [1.29, 1.82) is 0 Å². The molecule has 0 atom stereocenters. The van der Waals surface area contributed by atoms with Crippen molar-refractivity contribution in [2.75, 3.05) is 13.1 Å². The molecule has 0 unspecified atom stereocenters. The van der Waals surface area contributed by atoms with E-state index in [2.05, 4.69) is 4.72 Å². The average molecular weight is 398 g/mol. The molecular formula is C18H23FN2O5S. The zero-order valence-corrected chi connectivity index (χ0v) is 15.7. The predicted molar refractivity (Wildman–Crippen MR) is 94.9 cm³/mol. The summed E-state index contributed by atoms with van der Waals surface area (Å²) in [5.41, 5.74) is -0.919. The number of piperidine rings is 1. The molecule has 1 saturated carbocycles. The highest BCUT2D eigenvalue weighted by Gasteiger charge is 2.46. The van der Waals surface area contributed by atoms with Gasteiger partial charge < -0.3 is 10.0 Å². The van der Waals surface area contributed by atoms with Gasteiger partial charge in [0, 0.05) is 25.6 Å². The summed E-state index contributed by atoms with van der Waals surface area (Å²) < 4.78 is 40.3. The number of hydrogen-bond acceptors (Lipinski definition) is 4. The fourth-order valence-corrected chi connectivity index (χ4v) is 4.92. The molecule has 0 aromatic heterocycles. The first-order valence-electron chi connectivity index (χ1n) is 9.01. The standard InChI is InChI=1S/C18H23FN2O5S/c19-13-2-4-15(5-3-13)27(25,26)20-14-6-10-21(11-7-14)16(22)12-18(17(23)24)8-1-9-18/h2-5,14,20H,1,6-12H2,(H,23,24). The minimum atomic E-state index is -3.75. The van der Waals surface area contributed by atoms with E-state index in [0.717, 1.165) is 18.6 Å². The minimum absolute atomic E-state index is 0.00390. The van der Waals surface area contributed by atoms with Crippen LogP contribution in [-0.4, -0.2) is 49.4 Å². The molecule has 148 valence electrons. The lowest BCUT2D eigenvalue weighted by atomic mass is 9.66. The number of amides is 1. The SMILES string of the molecule is O=C(CC1(C(=O)O)CCC1)N1CCC(NS(=O)(=O)c2ccc(F)cc2)CC1. The van der Waals surface area contributed by atoms with Gasteiger partial charge in [0.2, 0.25) is 15.9 Å². The van der Waals surface area contributed by atoms with E-state index in [9.17, 15) is 27.5 Å². The van der Waals surface area contributed by atoms with Gasteiger partial charge in [0.1, 0.15) is 5.82 Å². The Bertz CT molecular complexity index is 813. The van der Waals surface area contributed by atoms with Crippen molar-refractivity contribution in [2.45, 2.75) is 49.5 Å². The molecule has 1 aliphatic heterocycles. The quantitative estimate of drug-likeness (QED) is 0.760. The number of halogens is 1. The van der Waals surface area contributed by atoms with Crippen molar-refractivity contribution in [3.8, 4) is 0 Å². The molecule has 2 fully saturated rings. The molecular weight excluding hydrogens is 375 g/mol. The van der Waals surface area contributed by atoms with Gasteiger partial charge in [-0.25, -0.2) is 17.5 Å². The molecule has 1 saturated heterocycles. The van der Waals surface area contributed by atoms with E-state index in [4.69, 9.17) is 0 Å². The van der Waals surface area contributed by atoms with E-state index in [0.29, 0.717) is 38.8 Å². The molecule has 2 aliphatic rings. The van der Waals surface area contributed by atoms with Gasteiger partial charge in [-0.1, -0.05) is 6.42 Å². The fourth-order valence-electron chi connectivity index (χ4n) is 3.62. The van der Waals surface area contributed by atoms with Crippen LogP contribution in [0.3, 0.4) is 0 Å². The van der Waals surface area contributed by atoms with Crippen LogP contribution in [0.1, 0.15) is 38.5 Å². The van der Waals surface area contributed by atoms with Gasteiger partial charge in [-0.2, -0.15) is 0 Å². The van der Waals surface area contributed by atoms with Crippen molar-refractivity contribution in [2.24, 2.45) is 5.41 Å². The van der Waals surface area contributed by atoms with Crippen LogP contribution in [0.2, 0.25) is 0 Å². The number of nitrogens with one attached hydrogen (secondary N) is 1. The van der Waals surface area contributed by atoms with E-state index >= 15 is 0 Å². The lowest BCUT2D eigenvalue weighted by Crippen LogP contribution is -2.49. The van der Waals surface area contributed by atoms with E-state index in [-0.39, 0.29) is 23.3 Å². The monoisotopic (exact) mass is 398 g/mol. The van der Waals surface area contributed by atoms with Crippen LogP contribution >= 0.6 is 0 Å². The normalized spacial score (nSPS) is 20.1. The first-order valence-corrected chi connectivity index (χ1v) is 10.5. The number of carbonyl (C=O) groups is 2. The van der Waals surface area contributed by atoms with E-state index in [1.165, 1.54) is 12.1 Å². The topological polar surface area (TPSA) is 104 Å². The summed E-state index contributed by atoms with van der Waals surface area (Å²) in [6.07, 6.45) is 2.80. The minimum Gasteiger partial charge on any atom is -0.481 e. The van der Waals surface area contributed by atoms with Crippen molar-refractivity contribution >= 4 is 21.9 Å². The third-order valence-corrected chi connectivity index (χ3v) is 7.08. The maximum Gasteiger partial charge on any atom is 0.310 e. The van der Waals surface area contributed by atoms with Crippen LogP contribution in [0.5, 0.6) is 0 Å².